The number of methoxy groups -OCH3 is 1. The van der Waals surface area contributed by atoms with E-state index in [1.165, 1.54) is 12.8 Å². The molecule has 2 aliphatic heterocycles. The molecule has 10 heteroatoms. The summed E-state index contributed by atoms with van der Waals surface area (Å²) >= 11 is 0. The van der Waals surface area contributed by atoms with Crippen molar-refractivity contribution >= 4 is 29.2 Å². The first kappa shape index (κ1) is 32.4. The second kappa shape index (κ2) is 14.7. The van der Waals surface area contributed by atoms with Crippen LogP contribution < -0.4 is 25.2 Å². The Balaban J connectivity index is 0.00000111. The number of carbonyl (C=O) groups is 1. The summed E-state index contributed by atoms with van der Waals surface area (Å²) in [6.45, 7) is 16.3. The average Bonchev–Trinajstić information content (AvgIpc) is 3.78. The van der Waals surface area contributed by atoms with Crippen molar-refractivity contribution in [2.45, 2.75) is 72.8 Å². The highest BCUT2D eigenvalue weighted by atomic mass is 16.5. The Labute approximate surface area is 245 Å². The van der Waals surface area contributed by atoms with Crippen LogP contribution in [0.4, 0.5) is 23.3 Å². The van der Waals surface area contributed by atoms with Crippen molar-refractivity contribution in [3.8, 4) is 5.75 Å². The Kier molecular flexibility index (Phi) is 11.6. The summed E-state index contributed by atoms with van der Waals surface area (Å²) in [6, 6.07) is 7.20. The number of piperidine rings is 1. The summed E-state index contributed by atoms with van der Waals surface area (Å²) in [4.78, 5) is 27.5. The number of hydrogen-bond donors (Lipinski definition) is 3. The number of ether oxygens (including phenoxy) is 2. The molecule has 0 unspecified atom stereocenters. The molecular weight excluding hydrogens is 520 g/mol. The standard InChI is InChI=1S/C27H38N6O4.2C2H6/c1-26(2,18-34)31-21-5-4-20(24(29-21)33-10-8-27(6-7-27)9-11-33)25(35)30-22-16-19(36-3)17-23(28-22)32-12-14-37-15-13-32;2*1-2/h4-5,16-17,34H,6-15,18H2,1-3H3,(H,29,31)(H,28,30,35);2*1-2H3. The smallest absolute Gasteiger partial charge is 0.260 e. The molecule has 41 heavy (non-hydrogen) atoms. The highest BCUT2D eigenvalue weighted by Gasteiger charge is 2.45. The third kappa shape index (κ3) is 8.45. The van der Waals surface area contributed by atoms with Gasteiger partial charge in [-0.1, -0.05) is 27.7 Å². The van der Waals surface area contributed by atoms with Gasteiger partial charge < -0.3 is 35.0 Å². The summed E-state index contributed by atoms with van der Waals surface area (Å²) in [5.41, 5.74) is 0.472. The molecule has 2 aromatic heterocycles. The minimum atomic E-state index is -0.533. The van der Waals surface area contributed by atoms with Gasteiger partial charge in [0.15, 0.2) is 0 Å². The second-order valence-corrected chi connectivity index (χ2v) is 11.0. The minimum Gasteiger partial charge on any atom is -0.496 e. The number of hydrogen-bond acceptors (Lipinski definition) is 9. The van der Waals surface area contributed by atoms with E-state index in [4.69, 9.17) is 19.4 Å². The van der Waals surface area contributed by atoms with E-state index in [1.54, 1.807) is 25.3 Å². The SMILES string of the molecule is CC.CC.COc1cc(NC(=O)c2ccc(NC(C)(C)CO)nc2N2CCC3(CC2)CC3)nc(N2CCOCC2)c1. The lowest BCUT2D eigenvalue weighted by molar-refractivity contribution is 0.102. The van der Waals surface area contributed by atoms with Crippen LogP contribution in [0.1, 0.15) is 77.6 Å². The van der Waals surface area contributed by atoms with Gasteiger partial charge in [0.25, 0.3) is 5.91 Å². The number of amides is 1. The van der Waals surface area contributed by atoms with Gasteiger partial charge >= 0.3 is 0 Å². The predicted molar refractivity (Wildman–Crippen MR) is 167 cm³/mol. The summed E-state index contributed by atoms with van der Waals surface area (Å²) in [7, 11) is 1.61. The molecule has 3 aliphatic rings. The number of anilines is 4. The first-order valence-corrected chi connectivity index (χ1v) is 15.1. The maximum atomic E-state index is 13.6. The zero-order valence-electron chi connectivity index (χ0n) is 26.0. The number of aromatic nitrogens is 2. The molecule has 0 aromatic carbocycles. The van der Waals surface area contributed by atoms with Crippen molar-refractivity contribution in [2.24, 2.45) is 5.41 Å². The van der Waals surface area contributed by atoms with E-state index in [-0.39, 0.29) is 12.5 Å². The van der Waals surface area contributed by atoms with E-state index < -0.39 is 5.54 Å². The first-order valence-electron chi connectivity index (χ1n) is 15.1. The van der Waals surface area contributed by atoms with Crippen molar-refractivity contribution < 1.29 is 19.4 Å². The first-order chi connectivity index (χ1) is 19.8. The molecule has 2 aromatic rings. The molecule has 2 saturated heterocycles. The maximum absolute atomic E-state index is 13.6. The van der Waals surface area contributed by atoms with Crippen LogP contribution in [0.25, 0.3) is 0 Å². The van der Waals surface area contributed by atoms with E-state index in [9.17, 15) is 9.90 Å². The van der Waals surface area contributed by atoms with E-state index in [0.717, 1.165) is 44.8 Å². The molecule has 1 amide bonds. The Bertz CT molecular complexity index is 1120. The molecule has 0 radical (unpaired) electrons. The molecular formula is C31H50N6O4. The molecule has 0 bridgehead atoms. The molecule has 10 nitrogen and oxygen atoms in total. The van der Waals surface area contributed by atoms with Crippen molar-refractivity contribution in [2.75, 3.05) is 73.5 Å². The van der Waals surface area contributed by atoms with Crippen molar-refractivity contribution in [1.82, 2.24) is 9.97 Å². The van der Waals surface area contributed by atoms with E-state index in [1.807, 2.05) is 47.6 Å². The molecule has 0 atom stereocenters. The van der Waals surface area contributed by atoms with Gasteiger partial charge in [-0.2, -0.15) is 0 Å². The predicted octanol–water partition coefficient (Wildman–Crippen LogP) is 5.19. The fourth-order valence-corrected chi connectivity index (χ4v) is 5.00. The normalized spacial score (nSPS) is 17.5. The fraction of sp³-hybridized carbons (Fsp3) is 0.645. The fourth-order valence-electron chi connectivity index (χ4n) is 5.00. The number of rotatable bonds is 8. The number of morpholine rings is 1. The Morgan fingerprint density at radius 1 is 0.976 bits per heavy atom. The molecule has 228 valence electrons. The molecule has 3 N–H and O–H groups in total. The van der Waals surface area contributed by atoms with E-state index >= 15 is 0 Å². The van der Waals surface area contributed by atoms with E-state index in [0.29, 0.717) is 47.4 Å². The molecule has 4 heterocycles. The van der Waals surface area contributed by atoms with Gasteiger partial charge in [-0.3, -0.25) is 4.79 Å². The number of carbonyl (C=O) groups excluding carboxylic acids is 1. The quantitative estimate of drug-likeness (QED) is 0.395. The third-order valence-corrected chi connectivity index (χ3v) is 7.66. The number of aliphatic hydroxyl groups is 1. The van der Waals surface area contributed by atoms with Crippen LogP contribution in [0.5, 0.6) is 5.75 Å². The van der Waals surface area contributed by atoms with Gasteiger partial charge in [0.1, 0.15) is 29.0 Å². The number of aliphatic hydroxyl groups excluding tert-OH is 1. The van der Waals surface area contributed by atoms with Crippen molar-refractivity contribution in [1.29, 1.82) is 0 Å². The molecule has 5 rings (SSSR count). The molecule has 1 aliphatic carbocycles. The van der Waals surface area contributed by atoms with Gasteiger partial charge in [-0.05, 0) is 57.1 Å². The van der Waals surface area contributed by atoms with Crippen molar-refractivity contribution in [3.63, 3.8) is 0 Å². The monoisotopic (exact) mass is 570 g/mol. The summed E-state index contributed by atoms with van der Waals surface area (Å²) in [5, 5.41) is 16.0. The van der Waals surface area contributed by atoms with Crippen LogP contribution >= 0.6 is 0 Å². The molecule has 1 saturated carbocycles. The molecule has 1 spiro atoms. The van der Waals surface area contributed by atoms with Gasteiger partial charge in [0.05, 0.1) is 38.0 Å². The topological polar surface area (TPSA) is 112 Å². The van der Waals surface area contributed by atoms with Gasteiger partial charge in [0.2, 0.25) is 0 Å². The van der Waals surface area contributed by atoms with Crippen LogP contribution in [0.3, 0.4) is 0 Å². The molecule has 3 fully saturated rings. The number of pyridine rings is 2. The Morgan fingerprint density at radius 3 is 2.22 bits per heavy atom. The minimum absolute atomic E-state index is 0.0362. The van der Waals surface area contributed by atoms with E-state index in [2.05, 4.69) is 20.4 Å². The highest BCUT2D eigenvalue weighted by Crippen LogP contribution is 2.54. The lowest BCUT2D eigenvalue weighted by Gasteiger charge is -2.34. The summed E-state index contributed by atoms with van der Waals surface area (Å²) in [5.74, 6) is 2.82. The Hall–Kier alpha value is -3.11. The number of nitrogens with zero attached hydrogens (tertiary/aromatic N) is 4. The Morgan fingerprint density at radius 2 is 1.63 bits per heavy atom. The number of nitrogens with one attached hydrogen (secondary N) is 2. The summed E-state index contributed by atoms with van der Waals surface area (Å²) < 4.78 is 11.0. The van der Waals surface area contributed by atoms with Crippen LogP contribution in [0.15, 0.2) is 24.3 Å². The zero-order chi connectivity index (χ0) is 30.0. The van der Waals surface area contributed by atoms with Gasteiger partial charge in [-0.25, -0.2) is 9.97 Å². The van der Waals surface area contributed by atoms with Crippen LogP contribution in [0, 0.1) is 5.41 Å². The lowest BCUT2D eigenvalue weighted by Crippen LogP contribution is -2.38. The van der Waals surface area contributed by atoms with Crippen molar-refractivity contribution in [3.05, 3.63) is 29.8 Å². The third-order valence-electron chi connectivity index (χ3n) is 7.66. The largest absolute Gasteiger partial charge is 0.496 e. The van der Waals surface area contributed by atoms with Gasteiger partial charge in [-0.15, -0.1) is 0 Å². The second-order valence-electron chi connectivity index (χ2n) is 11.0. The summed E-state index contributed by atoms with van der Waals surface area (Å²) in [6.07, 6.45) is 4.85. The highest BCUT2D eigenvalue weighted by molar-refractivity contribution is 6.07. The average molecular weight is 571 g/mol. The van der Waals surface area contributed by atoms with Crippen LogP contribution in [-0.2, 0) is 4.74 Å². The van der Waals surface area contributed by atoms with Gasteiger partial charge in [0, 0.05) is 38.3 Å². The van der Waals surface area contributed by atoms with Crippen LogP contribution in [-0.4, -0.2) is 79.6 Å². The maximum Gasteiger partial charge on any atom is 0.260 e. The lowest BCUT2D eigenvalue weighted by atomic mass is 9.93. The zero-order valence-corrected chi connectivity index (χ0v) is 26.0. The van der Waals surface area contributed by atoms with Crippen LogP contribution in [0.2, 0.25) is 0 Å².